The molecule has 1 atom stereocenters. The lowest BCUT2D eigenvalue weighted by molar-refractivity contribution is -0.110. The highest BCUT2D eigenvalue weighted by Crippen LogP contribution is 2.38. The van der Waals surface area contributed by atoms with Crippen molar-refractivity contribution in [2.45, 2.75) is 32.4 Å². The van der Waals surface area contributed by atoms with E-state index < -0.39 is 5.25 Å². The Kier molecular flexibility index (Phi) is 6.42. The third-order valence-electron chi connectivity index (χ3n) is 4.01. The number of Topliss-reactive ketones (excluding diaryl/α,β-unsaturated/α-hetero) is 1. The number of hydrogen-bond acceptors (Lipinski definition) is 6. The van der Waals surface area contributed by atoms with E-state index in [9.17, 15) is 14.4 Å². The Bertz CT molecular complexity index is 816. The van der Waals surface area contributed by atoms with Crippen molar-refractivity contribution < 1.29 is 23.9 Å². The number of thioether (sulfide) groups is 1. The number of fused-ring (bicyclic) bond motifs is 1. The Labute approximate surface area is 157 Å². The highest BCUT2D eigenvalue weighted by molar-refractivity contribution is 8.14. The molecule has 0 saturated carbocycles. The summed E-state index contributed by atoms with van der Waals surface area (Å²) < 4.78 is 10.5. The minimum absolute atomic E-state index is 0.0525. The van der Waals surface area contributed by atoms with Crippen LogP contribution in [0.15, 0.2) is 35.4 Å². The van der Waals surface area contributed by atoms with Gasteiger partial charge in [0.25, 0.3) is 0 Å². The summed E-state index contributed by atoms with van der Waals surface area (Å²) in [6.07, 6.45) is 3.44. The fraction of sp³-hybridized carbons (Fsp3) is 0.350. The normalized spacial score (nSPS) is 14.3. The summed E-state index contributed by atoms with van der Waals surface area (Å²) in [5, 5.41) is -0.489. The van der Waals surface area contributed by atoms with E-state index in [1.165, 1.54) is 20.3 Å². The molecule has 0 aliphatic heterocycles. The van der Waals surface area contributed by atoms with Gasteiger partial charge in [-0.15, -0.1) is 0 Å². The molecule has 6 heteroatoms. The van der Waals surface area contributed by atoms with Crippen molar-refractivity contribution in [2.75, 3.05) is 14.2 Å². The molecule has 1 aromatic carbocycles. The van der Waals surface area contributed by atoms with Gasteiger partial charge in [0.2, 0.25) is 0 Å². The number of benzene rings is 1. The van der Waals surface area contributed by atoms with Gasteiger partial charge < -0.3 is 9.47 Å². The number of allylic oxidation sites excluding steroid dienone is 3. The van der Waals surface area contributed by atoms with E-state index >= 15 is 0 Å². The third-order valence-corrected chi connectivity index (χ3v) is 5.05. The molecule has 0 aromatic heterocycles. The number of ether oxygens (including phenoxy) is 2. The Morgan fingerprint density at radius 3 is 2.23 bits per heavy atom. The van der Waals surface area contributed by atoms with E-state index in [2.05, 4.69) is 0 Å². The van der Waals surface area contributed by atoms with E-state index in [4.69, 9.17) is 9.47 Å². The summed E-state index contributed by atoms with van der Waals surface area (Å²) in [5.41, 5.74) is 1.75. The van der Waals surface area contributed by atoms with Crippen LogP contribution in [0.3, 0.4) is 0 Å². The van der Waals surface area contributed by atoms with E-state index in [1.807, 2.05) is 19.9 Å². The molecule has 0 N–H and O–H groups in total. The van der Waals surface area contributed by atoms with E-state index in [0.29, 0.717) is 23.5 Å². The zero-order chi connectivity index (χ0) is 19.4. The molecule has 1 aromatic rings. The molecule has 0 amide bonds. The van der Waals surface area contributed by atoms with Crippen LogP contribution in [0.4, 0.5) is 0 Å². The van der Waals surface area contributed by atoms with Gasteiger partial charge in [0, 0.05) is 17.2 Å². The van der Waals surface area contributed by atoms with Crippen molar-refractivity contribution in [3.8, 4) is 11.5 Å². The summed E-state index contributed by atoms with van der Waals surface area (Å²) in [7, 11) is 2.89. The summed E-state index contributed by atoms with van der Waals surface area (Å²) in [6, 6.07) is 3.20. The molecule has 0 spiro atoms. The second-order valence-electron chi connectivity index (χ2n) is 6.13. The second kappa shape index (κ2) is 8.36. The van der Waals surface area contributed by atoms with Crippen molar-refractivity contribution in [1.29, 1.82) is 0 Å². The summed E-state index contributed by atoms with van der Waals surface area (Å²) >= 11 is 1.06. The quantitative estimate of drug-likeness (QED) is 0.701. The minimum atomic E-state index is -0.437. The summed E-state index contributed by atoms with van der Waals surface area (Å²) in [6.45, 7) is 5.59. The molecule has 2 rings (SSSR count). The maximum absolute atomic E-state index is 13.0. The van der Waals surface area contributed by atoms with E-state index in [0.717, 1.165) is 17.3 Å². The van der Waals surface area contributed by atoms with Crippen LogP contribution in [0.25, 0.3) is 0 Å². The van der Waals surface area contributed by atoms with Gasteiger partial charge in [0.15, 0.2) is 16.7 Å². The van der Waals surface area contributed by atoms with Gasteiger partial charge in [-0.3, -0.25) is 14.4 Å². The molecule has 0 heterocycles. The Balaban J connectivity index is 2.35. The lowest BCUT2D eigenvalue weighted by atomic mass is 9.87. The van der Waals surface area contributed by atoms with Crippen molar-refractivity contribution in [1.82, 2.24) is 0 Å². The fourth-order valence-electron chi connectivity index (χ4n) is 2.70. The minimum Gasteiger partial charge on any atom is -0.496 e. The first-order valence-electron chi connectivity index (χ1n) is 8.18. The van der Waals surface area contributed by atoms with Gasteiger partial charge in [0.05, 0.1) is 25.3 Å². The van der Waals surface area contributed by atoms with Gasteiger partial charge >= 0.3 is 0 Å². The first kappa shape index (κ1) is 20.0. The molecule has 0 saturated heterocycles. The molecule has 138 valence electrons. The van der Waals surface area contributed by atoms with E-state index in [-0.39, 0.29) is 27.8 Å². The average molecular weight is 374 g/mol. The van der Waals surface area contributed by atoms with Crippen molar-refractivity contribution >= 4 is 28.4 Å². The molecule has 26 heavy (non-hydrogen) atoms. The number of rotatable bonds is 6. The SMILES string of the molecule is COc1ccc(OC)c2c1C(=O)C=C(C(C)SC(=O)CC=C(C)C)C2=O. The molecule has 0 bridgehead atoms. The fourth-order valence-corrected chi connectivity index (χ4v) is 3.57. The predicted molar refractivity (Wildman–Crippen MR) is 102 cm³/mol. The average Bonchev–Trinajstić information content (AvgIpc) is 2.61. The maximum Gasteiger partial charge on any atom is 0.194 e. The number of carbonyl (C=O) groups is 3. The third kappa shape index (κ3) is 4.07. The van der Waals surface area contributed by atoms with Crippen LogP contribution in [-0.4, -0.2) is 36.2 Å². The van der Waals surface area contributed by atoms with Crippen molar-refractivity contribution in [3.05, 3.63) is 46.6 Å². The number of ketones is 2. The highest BCUT2D eigenvalue weighted by Gasteiger charge is 2.34. The Morgan fingerprint density at radius 2 is 1.69 bits per heavy atom. The van der Waals surface area contributed by atoms with Gasteiger partial charge in [-0.25, -0.2) is 0 Å². The van der Waals surface area contributed by atoms with Crippen molar-refractivity contribution in [3.63, 3.8) is 0 Å². The Hall–Kier alpha value is -2.34. The van der Waals surface area contributed by atoms with Gasteiger partial charge in [-0.05, 0) is 39.0 Å². The first-order valence-corrected chi connectivity index (χ1v) is 9.06. The first-order chi connectivity index (χ1) is 12.3. The number of carbonyl (C=O) groups excluding carboxylic acids is 3. The molecular weight excluding hydrogens is 352 g/mol. The molecule has 5 nitrogen and oxygen atoms in total. The number of hydrogen-bond donors (Lipinski definition) is 0. The smallest absolute Gasteiger partial charge is 0.194 e. The van der Waals surface area contributed by atoms with Crippen LogP contribution in [0.1, 0.15) is 47.9 Å². The standard InChI is InChI=1S/C20H22O5S/c1-11(2)6-9-17(22)26-12(3)13-10-14(21)18-15(24-4)7-8-16(25-5)19(18)20(13)23/h6-8,10,12H,9H2,1-5H3. The summed E-state index contributed by atoms with van der Waals surface area (Å²) in [4.78, 5) is 37.7. The molecule has 1 aliphatic carbocycles. The van der Waals surface area contributed by atoms with E-state index in [1.54, 1.807) is 19.1 Å². The Morgan fingerprint density at radius 1 is 1.12 bits per heavy atom. The summed E-state index contributed by atoms with van der Waals surface area (Å²) in [5.74, 6) is 0.00659. The highest BCUT2D eigenvalue weighted by atomic mass is 32.2. The van der Waals surface area contributed by atoms with Crippen LogP contribution in [0.5, 0.6) is 11.5 Å². The molecule has 1 aliphatic rings. The van der Waals surface area contributed by atoms with Crippen LogP contribution in [0, 0.1) is 0 Å². The molecule has 0 radical (unpaired) electrons. The lowest BCUT2D eigenvalue weighted by Crippen LogP contribution is -2.24. The van der Waals surface area contributed by atoms with Crippen LogP contribution in [0.2, 0.25) is 0 Å². The topological polar surface area (TPSA) is 69.7 Å². The zero-order valence-electron chi connectivity index (χ0n) is 15.5. The van der Waals surface area contributed by atoms with Gasteiger partial charge in [-0.2, -0.15) is 0 Å². The molecule has 0 fully saturated rings. The predicted octanol–water partition coefficient (Wildman–Crippen LogP) is 4.01. The maximum atomic E-state index is 13.0. The van der Waals surface area contributed by atoms with Crippen molar-refractivity contribution in [2.24, 2.45) is 0 Å². The lowest BCUT2D eigenvalue weighted by Gasteiger charge is -2.22. The van der Waals surface area contributed by atoms with Crippen LogP contribution in [-0.2, 0) is 4.79 Å². The second-order valence-corrected chi connectivity index (χ2v) is 7.53. The monoisotopic (exact) mass is 374 g/mol. The zero-order valence-corrected chi connectivity index (χ0v) is 16.4. The van der Waals surface area contributed by atoms with Crippen LogP contribution >= 0.6 is 11.8 Å². The molecule has 1 unspecified atom stereocenters. The number of methoxy groups -OCH3 is 2. The molecular formula is C20H22O5S. The van der Waals surface area contributed by atoms with Gasteiger partial charge in [0.1, 0.15) is 11.5 Å². The largest absolute Gasteiger partial charge is 0.496 e. The van der Waals surface area contributed by atoms with Crippen LogP contribution < -0.4 is 9.47 Å². The van der Waals surface area contributed by atoms with Gasteiger partial charge in [-0.1, -0.05) is 23.4 Å².